The van der Waals surface area contributed by atoms with Crippen LogP contribution in [0.1, 0.15) is 0 Å². The van der Waals surface area contributed by atoms with Crippen molar-refractivity contribution in [1.29, 1.82) is 0 Å². The first-order valence-electron chi connectivity index (χ1n) is 7.86. The van der Waals surface area contributed by atoms with E-state index in [1.807, 2.05) is 0 Å². The molecular weight excluding hydrogens is 762 g/mol. The SMILES string of the molecule is O=C(C=C([O-])C(F)(F)F)C(F)(F)F.O=C(C=C([O-])C(F)(F)F)C(F)(F)F.O=C(C=C([O-])C(F)(F)F)C(F)(F)F.[Nd+3]. The summed E-state index contributed by atoms with van der Waals surface area (Å²) < 4.78 is 203. The fourth-order valence-electron chi connectivity index (χ4n) is 0.848. The Morgan fingerprint density at radius 1 is 0.350 bits per heavy atom. The molecule has 0 spiro atoms. The summed E-state index contributed by atoms with van der Waals surface area (Å²) in [6.45, 7) is 0. The minimum Gasteiger partial charge on any atom is -0.869 e. The van der Waals surface area contributed by atoms with Crippen molar-refractivity contribution in [3.8, 4) is 0 Å². The number of carbonyl (C=O) groups is 3. The monoisotopic (exact) mass is 763 g/mol. The molecule has 0 aliphatic rings. The van der Waals surface area contributed by atoms with E-state index in [1.165, 1.54) is 0 Å². The van der Waals surface area contributed by atoms with Gasteiger partial charge < -0.3 is 15.3 Å². The van der Waals surface area contributed by atoms with Crippen LogP contribution in [0.3, 0.4) is 0 Å². The molecule has 0 N–H and O–H groups in total. The Morgan fingerprint density at radius 3 is 0.550 bits per heavy atom. The summed E-state index contributed by atoms with van der Waals surface area (Å²) in [5.41, 5.74) is 0. The minimum absolute atomic E-state index is 0. The molecule has 0 aromatic rings. The second-order valence-electron chi connectivity index (χ2n) is 5.61. The summed E-state index contributed by atoms with van der Waals surface area (Å²) in [6, 6.07) is 0. The molecule has 0 aromatic carbocycles. The maximum absolute atomic E-state index is 11.3. The number of ketones is 3. The van der Waals surface area contributed by atoms with Gasteiger partial charge >= 0.3 is 77.9 Å². The Balaban J connectivity index is -0.000000240. The van der Waals surface area contributed by atoms with Gasteiger partial charge in [-0.15, -0.1) is 0 Å². The Kier molecular flexibility index (Phi) is 17.5. The largest absolute Gasteiger partial charge is 3.00 e. The van der Waals surface area contributed by atoms with Crippen molar-refractivity contribution < 1.29 is 150 Å². The smallest absolute Gasteiger partial charge is 0.869 e. The van der Waals surface area contributed by atoms with Crippen LogP contribution in [0, 0.1) is 40.8 Å². The first kappa shape index (κ1) is 44.7. The summed E-state index contributed by atoms with van der Waals surface area (Å²) in [5, 5.41) is 29.5. The van der Waals surface area contributed by atoms with Crippen molar-refractivity contribution in [3.63, 3.8) is 0 Å². The van der Waals surface area contributed by atoms with E-state index in [2.05, 4.69) is 0 Å². The van der Waals surface area contributed by atoms with Crippen LogP contribution in [0.4, 0.5) is 79.0 Å². The van der Waals surface area contributed by atoms with Gasteiger partial charge in [0.15, 0.2) is 0 Å². The Bertz CT molecular complexity index is 834. The van der Waals surface area contributed by atoms with Gasteiger partial charge in [0.2, 0.25) is 0 Å². The third-order valence-corrected chi connectivity index (χ3v) is 2.46. The van der Waals surface area contributed by atoms with Crippen molar-refractivity contribution in [3.05, 3.63) is 35.5 Å². The molecule has 0 atom stereocenters. The van der Waals surface area contributed by atoms with Crippen LogP contribution >= 0.6 is 0 Å². The number of halogens is 18. The van der Waals surface area contributed by atoms with Crippen LogP contribution in [-0.2, 0) is 14.4 Å². The second-order valence-corrected chi connectivity index (χ2v) is 5.61. The van der Waals surface area contributed by atoms with Gasteiger partial charge in [0.1, 0.15) is 0 Å². The molecule has 0 saturated carbocycles. The quantitative estimate of drug-likeness (QED) is 0.248. The van der Waals surface area contributed by atoms with E-state index in [1.54, 1.807) is 0 Å². The van der Waals surface area contributed by atoms with Gasteiger partial charge in [-0.1, -0.05) is 0 Å². The Labute approximate surface area is 239 Å². The fraction of sp³-hybridized carbons (Fsp3) is 0.400. The zero-order valence-electron chi connectivity index (χ0n) is 17.5. The first-order valence-corrected chi connectivity index (χ1v) is 7.86. The molecule has 0 aliphatic carbocycles. The molecule has 0 bridgehead atoms. The third kappa shape index (κ3) is 20.6. The predicted octanol–water partition coefficient (Wildman–Crippen LogP) is 2.77. The summed E-state index contributed by atoms with van der Waals surface area (Å²) in [5.74, 6) is -16.9. The Hall–Kier alpha value is -2.28. The van der Waals surface area contributed by atoms with Crippen LogP contribution in [0.2, 0.25) is 0 Å². The van der Waals surface area contributed by atoms with E-state index < -0.39 is 89.9 Å². The summed E-state index contributed by atoms with van der Waals surface area (Å²) in [4.78, 5) is 29.5. The van der Waals surface area contributed by atoms with E-state index in [9.17, 15) is 109 Å². The number of hydrogen-bond donors (Lipinski definition) is 0. The van der Waals surface area contributed by atoms with Crippen molar-refractivity contribution in [2.75, 3.05) is 0 Å². The normalized spacial score (nSPS) is 14.1. The molecule has 0 amide bonds. The van der Waals surface area contributed by atoms with Gasteiger partial charge in [0.05, 0.1) is 0 Å². The van der Waals surface area contributed by atoms with Crippen LogP contribution in [-0.4, -0.2) is 54.4 Å². The van der Waals surface area contributed by atoms with Crippen LogP contribution in [0.25, 0.3) is 0 Å². The van der Waals surface area contributed by atoms with Gasteiger partial charge in [-0.3, -0.25) is 14.4 Å². The van der Waals surface area contributed by atoms with Crippen molar-refractivity contribution >= 4 is 17.3 Å². The van der Waals surface area contributed by atoms with E-state index in [-0.39, 0.29) is 40.8 Å². The summed E-state index contributed by atoms with van der Waals surface area (Å²) in [7, 11) is 0. The summed E-state index contributed by atoms with van der Waals surface area (Å²) in [6.07, 6.45) is -35.8. The first-order chi connectivity index (χ1) is 16.6. The molecule has 0 unspecified atom stereocenters. The van der Waals surface area contributed by atoms with Crippen molar-refractivity contribution in [1.82, 2.24) is 0 Å². The minimum atomic E-state index is -5.46. The maximum atomic E-state index is 11.3. The molecule has 0 aliphatic heterocycles. The molecule has 0 fully saturated rings. The van der Waals surface area contributed by atoms with E-state index in [4.69, 9.17) is 0 Å². The molecule has 0 aromatic heterocycles. The number of allylic oxidation sites excluding steroid dienone is 6. The standard InChI is InChI=1S/3C5H2F6O2.Nd/c3*6-4(7,8)2(12)1-3(13)5(9,10)11;/h3*1,12H;/q;;;+3/p-3. The maximum Gasteiger partial charge on any atom is 3.00 e. The Morgan fingerprint density at radius 2 is 0.475 bits per heavy atom. The number of alkyl halides is 18. The van der Waals surface area contributed by atoms with Gasteiger partial charge in [-0.25, -0.2) is 0 Å². The molecule has 25 heteroatoms. The van der Waals surface area contributed by atoms with Gasteiger partial charge in [-0.2, -0.15) is 79.0 Å². The van der Waals surface area contributed by atoms with Crippen molar-refractivity contribution in [2.24, 2.45) is 0 Å². The predicted molar refractivity (Wildman–Crippen MR) is 75.6 cm³/mol. The van der Waals surface area contributed by atoms with Crippen molar-refractivity contribution in [2.45, 2.75) is 37.1 Å². The number of hydrogen-bond acceptors (Lipinski definition) is 6. The van der Waals surface area contributed by atoms with Crippen LogP contribution in [0.15, 0.2) is 35.5 Å². The van der Waals surface area contributed by atoms with E-state index in [0.29, 0.717) is 0 Å². The zero-order valence-corrected chi connectivity index (χ0v) is 20.7. The second kappa shape index (κ2) is 15.6. The molecule has 229 valence electrons. The van der Waals surface area contributed by atoms with Gasteiger partial charge in [0, 0.05) is 0 Å². The molecule has 0 heterocycles. The average molecular weight is 765 g/mol. The summed E-state index contributed by atoms with van der Waals surface area (Å²) >= 11 is 0. The fourth-order valence-corrected chi connectivity index (χ4v) is 0.848. The molecule has 0 rings (SSSR count). The number of rotatable bonds is 3. The third-order valence-electron chi connectivity index (χ3n) is 2.46. The van der Waals surface area contributed by atoms with E-state index in [0.717, 1.165) is 0 Å². The zero-order chi connectivity index (χ0) is 32.6. The molecular formula is C15H3F18NdO6. The van der Waals surface area contributed by atoms with Crippen LogP contribution < -0.4 is 15.3 Å². The topological polar surface area (TPSA) is 120 Å². The number of carbonyl (C=O) groups excluding carboxylic acids is 3. The molecule has 40 heavy (non-hydrogen) atoms. The molecule has 1 radical (unpaired) electrons. The van der Waals surface area contributed by atoms with Gasteiger partial charge in [0.25, 0.3) is 17.3 Å². The van der Waals surface area contributed by atoms with E-state index >= 15 is 0 Å². The van der Waals surface area contributed by atoms with Gasteiger partial charge in [-0.05, 0) is 35.5 Å². The average Bonchev–Trinajstić information content (AvgIpc) is 2.64. The molecule has 0 saturated heterocycles. The molecule has 6 nitrogen and oxygen atoms in total. The van der Waals surface area contributed by atoms with Crippen LogP contribution in [0.5, 0.6) is 0 Å².